The first-order valence-electron chi connectivity index (χ1n) is 9.10. The minimum atomic E-state index is -0.317. The number of carbonyl (C=O) groups excluding carboxylic acids is 3. The van der Waals surface area contributed by atoms with Crippen LogP contribution in [0.4, 0.5) is 0 Å². The highest BCUT2D eigenvalue weighted by Crippen LogP contribution is 2.29. The van der Waals surface area contributed by atoms with Gasteiger partial charge in [-0.1, -0.05) is 24.3 Å². The van der Waals surface area contributed by atoms with Crippen molar-refractivity contribution < 1.29 is 23.9 Å². The van der Waals surface area contributed by atoms with Gasteiger partial charge in [0, 0.05) is 13.1 Å². The maximum atomic E-state index is 12.6. The van der Waals surface area contributed by atoms with Gasteiger partial charge in [0.1, 0.15) is 0 Å². The van der Waals surface area contributed by atoms with Crippen molar-refractivity contribution in [3.8, 4) is 11.5 Å². The fraction of sp³-hybridized carbons (Fsp3) is 0.286. The molecule has 7 nitrogen and oxygen atoms in total. The van der Waals surface area contributed by atoms with Crippen molar-refractivity contribution in [1.82, 2.24) is 9.80 Å². The molecule has 4 rings (SSSR count). The molecule has 0 aliphatic carbocycles. The zero-order valence-electron chi connectivity index (χ0n) is 15.5. The molecule has 0 bridgehead atoms. The molecule has 0 N–H and O–H groups in total. The third-order valence-corrected chi connectivity index (χ3v) is 5.13. The zero-order chi connectivity index (χ0) is 19.7. The number of likely N-dealkylation sites (tertiary alicyclic amines) is 1. The number of para-hydroxylation sites is 2. The smallest absolute Gasteiger partial charge is 0.261 e. The van der Waals surface area contributed by atoms with Gasteiger partial charge in [0.15, 0.2) is 18.1 Å². The van der Waals surface area contributed by atoms with Crippen LogP contribution in [-0.4, -0.2) is 60.4 Å². The third-order valence-electron chi connectivity index (χ3n) is 5.13. The molecule has 2 aliphatic heterocycles. The van der Waals surface area contributed by atoms with Crippen LogP contribution in [0.25, 0.3) is 0 Å². The fourth-order valence-corrected chi connectivity index (χ4v) is 3.69. The Morgan fingerprint density at radius 3 is 2.25 bits per heavy atom. The van der Waals surface area contributed by atoms with Gasteiger partial charge in [-0.3, -0.25) is 19.3 Å². The number of ether oxygens (including phenoxy) is 2. The number of nitrogens with zero attached hydrogens (tertiary/aromatic N) is 2. The second-order valence-electron chi connectivity index (χ2n) is 6.75. The maximum absolute atomic E-state index is 12.6. The number of imide groups is 1. The lowest BCUT2D eigenvalue weighted by atomic mass is 10.1. The molecule has 3 amide bonds. The second-order valence-corrected chi connectivity index (χ2v) is 6.75. The lowest BCUT2D eigenvalue weighted by Gasteiger charge is -2.22. The maximum Gasteiger partial charge on any atom is 0.261 e. The summed E-state index contributed by atoms with van der Waals surface area (Å²) in [7, 11) is 1.54. The van der Waals surface area contributed by atoms with E-state index < -0.39 is 0 Å². The largest absolute Gasteiger partial charge is 0.493 e. The predicted molar refractivity (Wildman–Crippen MR) is 100 cm³/mol. The van der Waals surface area contributed by atoms with Gasteiger partial charge in [-0.05, 0) is 30.7 Å². The van der Waals surface area contributed by atoms with Gasteiger partial charge in [-0.2, -0.15) is 0 Å². The second kappa shape index (κ2) is 7.34. The predicted octanol–water partition coefficient (Wildman–Crippen LogP) is 1.97. The molecule has 7 heteroatoms. The van der Waals surface area contributed by atoms with E-state index in [1.807, 2.05) is 6.07 Å². The summed E-state index contributed by atoms with van der Waals surface area (Å²) in [4.78, 5) is 40.7. The third kappa shape index (κ3) is 3.09. The summed E-state index contributed by atoms with van der Waals surface area (Å²) in [5.41, 5.74) is 0.855. The Kier molecular flexibility index (Phi) is 4.73. The standard InChI is InChI=1S/C21H20N2O5/c1-27-17-8-4-5-9-18(17)28-13-19(24)22-11-10-14(12-22)23-20(25)15-6-2-3-7-16(15)21(23)26/h2-9,14H,10-13H2,1H3. The normalized spacial score (nSPS) is 18.4. The summed E-state index contributed by atoms with van der Waals surface area (Å²) in [5.74, 6) is 0.287. The highest BCUT2D eigenvalue weighted by atomic mass is 16.5. The lowest BCUT2D eigenvalue weighted by molar-refractivity contribution is -0.132. The molecule has 2 aliphatic rings. The summed E-state index contributed by atoms with van der Waals surface area (Å²) in [6.45, 7) is 0.668. The first kappa shape index (κ1) is 18.0. The van der Waals surface area contributed by atoms with Crippen LogP contribution >= 0.6 is 0 Å². The highest BCUT2D eigenvalue weighted by molar-refractivity contribution is 6.21. The van der Waals surface area contributed by atoms with Crippen LogP contribution in [0, 0.1) is 0 Å². The summed E-state index contributed by atoms with van der Waals surface area (Å²) in [6, 6.07) is 13.6. The van der Waals surface area contributed by atoms with Crippen molar-refractivity contribution in [2.24, 2.45) is 0 Å². The van der Waals surface area contributed by atoms with Crippen molar-refractivity contribution in [1.29, 1.82) is 0 Å². The van der Waals surface area contributed by atoms with Gasteiger partial charge in [0.2, 0.25) is 0 Å². The van der Waals surface area contributed by atoms with E-state index in [1.165, 1.54) is 12.0 Å². The van der Waals surface area contributed by atoms with Gasteiger partial charge >= 0.3 is 0 Å². The Bertz CT molecular complexity index is 907. The van der Waals surface area contributed by atoms with E-state index in [-0.39, 0.29) is 30.4 Å². The highest BCUT2D eigenvalue weighted by Gasteiger charge is 2.42. The first-order chi connectivity index (χ1) is 13.6. The Balaban J connectivity index is 1.39. The number of rotatable bonds is 5. The molecule has 1 atom stereocenters. The number of hydrogen-bond acceptors (Lipinski definition) is 5. The SMILES string of the molecule is COc1ccccc1OCC(=O)N1CCC(N2C(=O)c3ccccc3C2=O)C1. The molecule has 144 valence electrons. The Morgan fingerprint density at radius 2 is 1.61 bits per heavy atom. The first-order valence-corrected chi connectivity index (χ1v) is 9.10. The van der Waals surface area contributed by atoms with Crippen LogP contribution in [0.2, 0.25) is 0 Å². The fourth-order valence-electron chi connectivity index (χ4n) is 3.69. The summed E-state index contributed by atoms with van der Waals surface area (Å²) < 4.78 is 10.8. The summed E-state index contributed by atoms with van der Waals surface area (Å²) in [6.07, 6.45) is 0.561. The average molecular weight is 380 g/mol. The Morgan fingerprint density at radius 1 is 1.00 bits per heavy atom. The summed E-state index contributed by atoms with van der Waals surface area (Å²) in [5, 5.41) is 0. The van der Waals surface area contributed by atoms with Crippen LogP contribution in [0.1, 0.15) is 27.1 Å². The van der Waals surface area contributed by atoms with Gasteiger partial charge < -0.3 is 14.4 Å². The van der Waals surface area contributed by atoms with Gasteiger partial charge in [-0.15, -0.1) is 0 Å². The van der Waals surface area contributed by atoms with Gasteiger partial charge in [-0.25, -0.2) is 0 Å². The topological polar surface area (TPSA) is 76.2 Å². The number of amides is 3. The van der Waals surface area contributed by atoms with Crippen molar-refractivity contribution in [3.63, 3.8) is 0 Å². The lowest BCUT2D eigenvalue weighted by Crippen LogP contribution is -2.43. The van der Waals surface area contributed by atoms with Crippen LogP contribution in [-0.2, 0) is 4.79 Å². The molecule has 1 saturated heterocycles. The number of methoxy groups -OCH3 is 1. The molecule has 0 radical (unpaired) electrons. The molecular weight excluding hydrogens is 360 g/mol. The Hall–Kier alpha value is -3.35. The molecule has 1 unspecified atom stereocenters. The van der Waals surface area contributed by atoms with E-state index in [2.05, 4.69) is 0 Å². The van der Waals surface area contributed by atoms with Crippen LogP contribution in [0.15, 0.2) is 48.5 Å². The number of carbonyl (C=O) groups is 3. The van der Waals surface area contributed by atoms with Crippen molar-refractivity contribution in [2.75, 3.05) is 26.8 Å². The quantitative estimate of drug-likeness (QED) is 0.742. The van der Waals surface area contributed by atoms with Crippen molar-refractivity contribution in [3.05, 3.63) is 59.7 Å². The van der Waals surface area contributed by atoms with Crippen LogP contribution in [0.3, 0.4) is 0 Å². The molecular formula is C21H20N2O5. The minimum Gasteiger partial charge on any atom is -0.493 e. The molecule has 1 fully saturated rings. The molecule has 2 aromatic carbocycles. The van der Waals surface area contributed by atoms with Gasteiger partial charge in [0.25, 0.3) is 17.7 Å². The number of hydrogen-bond donors (Lipinski definition) is 0. The van der Waals surface area contributed by atoms with Gasteiger partial charge in [0.05, 0.1) is 24.3 Å². The molecule has 28 heavy (non-hydrogen) atoms. The average Bonchev–Trinajstić information content (AvgIpc) is 3.30. The van der Waals surface area contributed by atoms with Crippen molar-refractivity contribution >= 4 is 17.7 Å². The number of fused-ring (bicyclic) bond motifs is 1. The van der Waals surface area contributed by atoms with E-state index in [9.17, 15) is 14.4 Å². The molecule has 2 aromatic rings. The van der Waals surface area contributed by atoms with E-state index in [0.717, 1.165) is 0 Å². The molecule has 0 saturated carbocycles. The van der Waals surface area contributed by atoms with E-state index >= 15 is 0 Å². The van der Waals surface area contributed by atoms with Crippen molar-refractivity contribution in [2.45, 2.75) is 12.5 Å². The Labute approximate surface area is 162 Å². The monoisotopic (exact) mass is 380 g/mol. The van der Waals surface area contributed by atoms with Crippen LogP contribution in [0.5, 0.6) is 11.5 Å². The van der Waals surface area contributed by atoms with E-state index in [4.69, 9.17) is 9.47 Å². The summed E-state index contributed by atoms with van der Waals surface area (Å²) >= 11 is 0. The van der Waals surface area contributed by atoms with Crippen LogP contribution < -0.4 is 9.47 Å². The molecule has 2 heterocycles. The molecule has 0 spiro atoms. The molecule has 0 aromatic heterocycles. The van der Waals surface area contributed by atoms with E-state index in [0.29, 0.717) is 42.1 Å². The zero-order valence-corrected chi connectivity index (χ0v) is 15.5. The van der Waals surface area contributed by atoms with E-state index in [1.54, 1.807) is 47.4 Å². The number of benzene rings is 2. The minimum absolute atomic E-state index is 0.130.